The van der Waals surface area contributed by atoms with Crippen molar-refractivity contribution in [1.82, 2.24) is 9.97 Å². The van der Waals surface area contributed by atoms with Crippen molar-refractivity contribution in [2.45, 2.75) is 0 Å². The van der Waals surface area contributed by atoms with E-state index in [1.165, 1.54) is 12.4 Å². The van der Waals surface area contributed by atoms with Crippen molar-refractivity contribution in [1.29, 1.82) is 0 Å². The Hall–Kier alpha value is -1.32. The van der Waals surface area contributed by atoms with Gasteiger partial charge < -0.3 is 4.74 Å². The third-order valence-electron chi connectivity index (χ3n) is 1.60. The van der Waals surface area contributed by atoms with Crippen molar-refractivity contribution in [3.8, 4) is 11.6 Å². The van der Waals surface area contributed by atoms with Gasteiger partial charge in [-0.15, -0.1) is 0 Å². The van der Waals surface area contributed by atoms with Gasteiger partial charge in [-0.1, -0.05) is 23.2 Å². The summed E-state index contributed by atoms with van der Waals surface area (Å²) in [5.41, 5.74) is 0. The molecule has 0 bridgehead atoms. The molecule has 2 heterocycles. The molecule has 0 amide bonds. The van der Waals surface area contributed by atoms with Gasteiger partial charge >= 0.3 is 0 Å². The van der Waals surface area contributed by atoms with E-state index in [9.17, 15) is 0 Å². The molecule has 0 fully saturated rings. The molecule has 76 valence electrons. The maximum atomic E-state index is 5.75. The summed E-state index contributed by atoms with van der Waals surface area (Å²) < 4.78 is 5.40. The summed E-state index contributed by atoms with van der Waals surface area (Å²) >= 11 is 11.4. The average Bonchev–Trinajstić information content (AvgIpc) is 2.22. The maximum absolute atomic E-state index is 5.75. The van der Waals surface area contributed by atoms with E-state index >= 15 is 0 Å². The van der Waals surface area contributed by atoms with Crippen molar-refractivity contribution < 1.29 is 4.74 Å². The van der Waals surface area contributed by atoms with Gasteiger partial charge in [0.1, 0.15) is 5.75 Å². The lowest BCUT2D eigenvalue weighted by atomic mass is 10.4. The Morgan fingerprint density at radius 2 is 1.87 bits per heavy atom. The van der Waals surface area contributed by atoms with Crippen LogP contribution in [0, 0.1) is 0 Å². The topological polar surface area (TPSA) is 35.0 Å². The Bertz CT molecular complexity index is 459. The molecule has 0 saturated carbocycles. The van der Waals surface area contributed by atoms with E-state index in [-0.39, 0.29) is 0 Å². The standard InChI is InChI=1S/C10H6Cl2N2O/c11-7-1-2-10(14-5-7)15-9-3-8(12)4-13-6-9/h1-6H. The highest BCUT2D eigenvalue weighted by molar-refractivity contribution is 6.30. The van der Waals surface area contributed by atoms with E-state index in [1.54, 1.807) is 24.4 Å². The van der Waals surface area contributed by atoms with E-state index in [0.29, 0.717) is 21.7 Å². The predicted octanol–water partition coefficient (Wildman–Crippen LogP) is 3.58. The Morgan fingerprint density at radius 1 is 1.00 bits per heavy atom. The molecule has 15 heavy (non-hydrogen) atoms. The molecule has 2 rings (SSSR count). The summed E-state index contributed by atoms with van der Waals surface area (Å²) in [5.74, 6) is 0.987. The average molecular weight is 241 g/mol. The molecule has 2 aromatic heterocycles. The molecule has 0 aromatic carbocycles. The molecule has 2 aromatic rings. The number of nitrogens with zero attached hydrogens (tertiary/aromatic N) is 2. The first-order chi connectivity index (χ1) is 7.24. The van der Waals surface area contributed by atoms with E-state index in [2.05, 4.69) is 9.97 Å². The highest BCUT2D eigenvalue weighted by atomic mass is 35.5. The molecule has 5 heteroatoms. The minimum atomic E-state index is 0.448. The molecular weight excluding hydrogens is 235 g/mol. The number of pyridine rings is 2. The van der Waals surface area contributed by atoms with Crippen LogP contribution in [-0.4, -0.2) is 9.97 Å². The Morgan fingerprint density at radius 3 is 2.53 bits per heavy atom. The number of rotatable bonds is 2. The van der Waals surface area contributed by atoms with Gasteiger partial charge in [0.05, 0.1) is 16.2 Å². The molecule has 0 N–H and O–H groups in total. The van der Waals surface area contributed by atoms with Gasteiger partial charge in [-0.3, -0.25) is 4.98 Å². The molecule has 0 aliphatic carbocycles. The minimum absolute atomic E-state index is 0.448. The van der Waals surface area contributed by atoms with E-state index in [1.807, 2.05) is 0 Å². The monoisotopic (exact) mass is 240 g/mol. The van der Waals surface area contributed by atoms with Crippen LogP contribution in [0.1, 0.15) is 0 Å². The fraction of sp³-hybridized carbons (Fsp3) is 0. The van der Waals surface area contributed by atoms with Crippen LogP contribution in [0.4, 0.5) is 0 Å². The molecule has 0 unspecified atom stereocenters. The fourth-order valence-corrected chi connectivity index (χ4v) is 1.27. The second kappa shape index (κ2) is 4.47. The first kappa shape index (κ1) is 10.2. The van der Waals surface area contributed by atoms with Crippen molar-refractivity contribution >= 4 is 23.2 Å². The molecule has 0 saturated heterocycles. The van der Waals surface area contributed by atoms with Gasteiger partial charge in [-0.2, -0.15) is 0 Å². The Balaban J connectivity index is 2.18. The highest BCUT2D eigenvalue weighted by Crippen LogP contribution is 2.21. The van der Waals surface area contributed by atoms with Crippen molar-refractivity contribution in [3.63, 3.8) is 0 Å². The molecule has 0 aliphatic rings. The summed E-state index contributed by atoms with van der Waals surface area (Å²) in [6.07, 6.45) is 4.60. The Kier molecular flexibility index (Phi) is 3.04. The van der Waals surface area contributed by atoms with Gasteiger partial charge in [0.2, 0.25) is 5.88 Å². The third-order valence-corrected chi connectivity index (χ3v) is 2.03. The van der Waals surface area contributed by atoms with E-state index in [0.717, 1.165) is 0 Å². The number of halogens is 2. The van der Waals surface area contributed by atoms with Gasteiger partial charge in [-0.05, 0) is 6.07 Å². The van der Waals surface area contributed by atoms with Crippen LogP contribution in [0.15, 0.2) is 36.8 Å². The van der Waals surface area contributed by atoms with E-state index in [4.69, 9.17) is 27.9 Å². The lowest BCUT2D eigenvalue weighted by Gasteiger charge is -2.03. The first-order valence-electron chi connectivity index (χ1n) is 4.14. The lowest BCUT2D eigenvalue weighted by Crippen LogP contribution is -1.87. The number of ether oxygens (including phenoxy) is 1. The lowest BCUT2D eigenvalue weighted by molar-refractivity contribution is 0.461. The summed E-state index contributed by atoms with van der Waals surface area (Å²) in [6.45, 7) is 0. The highest BCUT2D eigenvalue weighted by Gasteiger charge is 1.99. The van der Waals surface area contributed by atoms with Crippen molar-refractivity contribution in [2.75, 3.05) is 0 Å². The molecule has 0 spiro atoms. The first-order valence-corrected chi connectivity index (χ1v) is 4.89. The van der Waals surface area contributed by atoms with Crippen LogP contribution in [-0.2, 0) is 0 Å². The predicted molar refractivity (Wildman–Crippen MR) is 58.6 cm³/mol. The van der Waals surface area contributed by atoms with Crippen LogP contribution < -0.4 is 4.74 Å². The molecule has 0 atom stereocenters. The van der Waals surface area contributed by atoms with Crippen LogP contribution in [0.25, 0.3) is 0 Å². The van der Waals surface area contributed by atoms with E-state index < -0.39 is 0 Å². The normalized spacial score (nSPS) is 10.0. The van der Waals surface area contributed by atoms with Crippen molar-refractivity contribution in [2.24, 2.45) is 0 Å². The number of hydrogen-bond acceptors (Lipinski definition) is 3. The summed E-state index contributed by atoms with van der Waals surface area (Å²) in [4.78, 5) is 7.87. The zero-order valence-electron chi connectivity index (χ0n) is 7.52. The van der Waals surface area contributed by atoms with Gasteiger partial charge in [0.15, 0.2) is 0 Å². The molecule has 3 nitrogen and oxygen atoms in total. The summed E-state index contributed by atoms with van der Waals surface area (Å²) in [5, 5.41) is 1.08. The van der Waals surface area contributed by atoms with Gasteiger partial charge in [-0.25, -0.2) is 4.98 Å². The fourth-order valence-electron chi connectivity index (χ4n) is 0.992. The van der Waals surface area contributed by atoms with Gasteiger partial charge in [0.25, 0.3) is 0 Å². The number of hydrogen-bond donors (Lipinski definition) is 0. The SMILES string of the molecule is Clc1ccc(Oc2cncc(Cl)c2)nc1. The number of aromatic nitrogens is 2. The largest absolute Gasteiger partial charge is 0.437 e. The second-order valence-electron chi connectivity index (χ2n) is 2.76. The van der Waals surface area contributed by atoms with Crippen molar-refractivity contribution in [3.05, 3.63) is 46.8 Å². The second-order valence-corrected chi connectivity index (χ2v) is 3.63. The third kappa shape index (κ3) is 2.81. The zero-order chi connectivity index (χ0) is 10.7. The van der Waals surface area contributed by atoms with Gasteiger partial charge in [0, 0.05) is 24.5 Å². The van der Waals surface area contributed by atoms with Crippen LogP contribution in [0.5, 0.6) is 11.6 Å². The maximum Gasteiger partial charge on any atom is 0.219 e. The van der Waals surface area contributed by atoms with Crippen LogP contribution in [0.3, 0.4) is 0 Å². The summed E-state index contributed by atoms with van der Waals surface area (Å²) in [7, 11) is 0. The Labute approximate surface area is 96.6 Å². The molecular formula is C10H6Cl2N2O. The molecule has 0 radical (unpaired) electrons. The zero-order valence-corrected chi connectivity index (χ0v) is 9.03. The quantitative estimate of drug-likeness (QED) is 0.805. The molecule has 0 aliphatic heterocycles. The minimum Gasteiger partial charge on any atom is -0.437 e. The van der Waals surface area contributed by atoms with Crippen LogP contribution >= 0.6 is 23.2 Å². The summed E-state index contributed by atoms with van der Waals surface area (Å²) in [6, 6.07) is 5.02. The van der Waals surface area contributed by atoms with Crippen LogP contribution in [0.2, 0.25) is 10.0 Å². The smallest absolute Gasteiger partial charge is 0.219 e.